The van der Waals surface area contributed by atoms with E-state index in [9.17, 15) is 24.5 Å². The summed E-state index contributed by atoms with van der Waals surface area (Å²) in [6.07, 6.45) is 0.851. The molecule has 128 valence electrons. The van der Waals surface area contributed by atoms with Crippen LogP contribution in [-0.4, -0.2) is 35.4 Å². The zero-order chi connectivity index (χ0) is 17.9. The molecule has 0 bridgehead atoms. The van der Waals surface area contributed by atoms with Crippen molar-refractivity contribution in [3.63, 3.8) is 0 Å². The molecule has 24 heavy (non-hydrogen) atoms. The number of nitrogens with zero attached hydrogens (tertiary/aromatic N) is 1. The monoisotopic (exact) mass is 333 g/mol. The summed E-state index contributed by atoms with van der Waals surface area (Å²) in [6, 6.07) is 4.69. The molecule has 2 rings (SSSR count). The van der Waals surface area contributed by atoms with Crippen molar-refractivity contribution in [1.82, 2.24) is 0 Å². The molecule has 0 amide bonds. The van der Waals surface area contributed by atoms with E-state index in [4.69, 9.17) is 4.74 Å². The highest BCUT2D eigenvalue weighted by Crippen LogP contribution is 2.36. The SMILES string of the molecule is COc1ccc(C(C2C(=O)CCCC2=O)C(C(C)=O)[N+](=O)[O-])cc1. The molecule has 0 spiro atoms. The summed E-state index contributed by atoms with van der Waals surface area (Å²) in [5.74, 6) is -3.04. The van der Waals surface area contributed by atoms with Crippen molar-refractivity contribution in [3.05, 3.63) is 39.9 Å². The summed E-state index contributed by atoms with van der Waals surface area (Å²) in [5.41, 5.74) is 0.418. The van der Waals surface area contributed by atoms with Crippen LogP contribution in [0.3, 0.4) is 0 Å². The van der Waals surface area contributed by atoms with Crippen molar-refractivity contribution in [3.8, 4) is 5.75 Å². The van der Waals surface area contributed by atoms with E-state index in [0.717, 1.165) is 6.92 Å². The van der Waals surface area contributed by atoms with Gasteiger partial charge in [0.2, 0.25) is 5.78 Å². The second-order valence-electron chi connectivity index (χ2n) is 5.90. The molecule has 1 aromatic carbocycles. The quantitative estimate of drug-likeness (QED) is 0.448. The van der Waals surface area contributed by atoms with E-state index >= 15 is 0 Å². The minimum absolute atomic E-state index is 0.200. The molecular formula is C17H19NO6. The van der Waals surface area contributed by atoms with Gasteiger partial charge in [-0.25, -0.2) is 0 Å². The number of nitro groups is 1. The van der Waals surface area contributed by atoms with Crippen molar-refractivity contribution >= 4 is 17.3 Å². The molecule has 0 heterocycles. The minimum atomic E-state index is -1.63. The highest BCUT2D eigenvalue weighted by atomic mass is 16.6. The van der Waals surface area contributed by atoms with Crippen molar-refractivity contribution < 1.29 is 24.0 Å². The Morgan fingerprint density at radius 2 is 1.75 bits per heavy atom. The zero-order valence-electron chi connectivity index (χ0n) is 13.6. The number of Topliss-reactive ketones (excluding diaryl/α,β-unsaturated/α-hetero) is 3. The molecule has 0 N–H and O–H groups in total. The number of hydrogen-bond donors (Lipinski definition) is 0. The molecule has 0 radical (unpaired) electrons. The predicted octanol–water partition coefficient (Wildman–Crippen LogP) is 1.95. The number of methoxy groups -OCH3 is 1. The van der Waals surface area contributed by atoms with Crippen LogP contribution in [-0.2, 0) is 14.4 Å². The van der Waals surface area contributed by atoms with E-state index in [1.54, 1.807) is 24.3 Å². The number of ether oxygens (including phenoxy) is 1. The van der Waals surface area contributed by atoms with Gasteiger partial charge in [-0.3, -0.25) is 24.5 Å². The zero-order valence-corrected chi connectivity index (χ0v) is 13.6. The lowest BCUT2D eigenvalue weighted by atomic mass is 9.71. The molecule has 2 unspecified atom stereocenters. The average Bonchev–Trinajstić information content (AvgIpc) is 2.53. The van der Waals surface area contributed by atoms with E-state index in [1.165, 1.54) is 7.11 Å². The lowest BCUT2D eigenvalue weighted by Gasteiger charge is -2.29. The summed E-state index contributed by atoms with van der Waals surface area (Å²) in [4.78, 5) is 47.3. The first-order chi connectivity index (χ1) is 11.4. The second-order valence-corrected chi connectivity index (χ2v) is 5.90. The molecular weight excluding hydrogens is 314 g/mol. The fourth-order valence-corrected chi connectivity index (χ4v) is 3.24. The Hall–Kier alpha value is -2.57. The van der Waals surface area contributed by atoms with Crippen molar-refractivity contribution in [2.75, 3.05) is 7.11 Å². The Morgan fingerprint density at radius 3 is 2.17 bits per heavy atom. The maximum Gasteiger partial charge on any atom is 0.277 e. The largest absolute Gasteiger partial charge is 0.497 e. The van der Waals surface area contributed by atoms with Gasteiger partial charge in [0.05, 0.1) is 18.9 Å². The van der Waals surface area contributed by atoms with Gasteiger partial charge in [-0.15, -0.1) is 0 Å². The number of benzene rings is 1. The third kappa shape index (κ3) is 3.50. The van der Waals surface area contributed by atoms with Gasteiger partial charge in [0.1, 0.15) is 17.3 Å². The van der Waals surface area contributed by atoms with Crippen LogP contribution < -0.4 is 4.74 Å². The lowest BCUT2D eigenvalue weighted by Crippen LogP contribution is -2.44. The van der Waals surface area contributed by atoms with Gasteiger partial charge in [-0.05, 0) is 24.1 Å². The number of hydrogen-bond acceptors (Lipinski definition) is 6. The summed E-state index contributed by atoms with van der Waals surface area (Å²) in [5, 5.41) is 11.5. The second kappa shape index (κ2) is 7.33. The van der Waals surface area contributed by atoms with Crippen LogP contribution in [0.15, 0.2) is 24.3 Å². The first kappa shape index (κ1) is 17.8. The maximum absolute atomic E-state index is 12.3. The average molecular weight is 333 g/mol. The molecule has 1 aromatic rings. The summed E-state index contributed by atoms with van der Waals surface area (Å²) in [7, 11) is 1.48. The molecule has 2 atom stereocenters. The molecule has 0 aliphatic heterocycles. The molecule has 1 fully saturated rings. The van der Waals surface area contributed by atoms with E-state index in [-0.39, 0.29) is 24.4 Å². The van der Waals surface area contributed by atoms with Gasteiger partial charge in [0.25, 0.3) is 6.04 Å². The van der Waals surface area contributed by atoms with Gasteiger partial charge >= 0.3 is 0 Å². The van der Waals surface area contributed by atoms with Gasteiger partial charge < -0.3 is 4.74 Å². The standard InChI is InChI=1S/C17H19NO6/c1-10(19)17(18(22)23)15(11-6-8-12(24-2)9-7-11)16-13(20)4-3-5-14(16)21/h6-9,15-17H,3-5H2,1-2H3. The van der Waals surface area contributed by atoms with Crippen LogP contribution in [0.1, 0.15) is 37.7 Å². The number of carbonyl (C=O) groups is 3. The molecule has 1 aliphatic carbocycles. The Morgan fingerprint density at radius 1 is 1.21 bits per heavy atom. The fourth-order valence-electron chi connectivity index (χ4n) is 3.24. The van der Waals surface area contributed by atoms with Gasteiger partial charge in [0, 0.05) is 24.7 Å². The normalized spacial score (nSPS) is 18.1. The third-order valence-corrected chi connectivity index (χ3v) is 4.38. The van der Waals surface area contributed by atoms with Crippen molar-refractivity contribution in [2.45, 2.75) is 38.1 Å². The number of rotatable bonds is 6. The van der Waals surface area contributed by atoms with Gasteiger partial charge in [-0.2, -0.15) is 0 Å². The van der Waals surface area contributed by atoms with E-state index in [1.807, 2.05) is 0 Å². The molecule has 1 aliphatic rings. The Labute approximate surface area is 139 Å². The van der Waals surface area contributed by atoms with Crippen molar-refractivity contribution in [1.29, 1.82) is 0 Å². The van der Waals surface area contributed by atoms with Crippen LogP contribution in [0, 0.1) is 16.0 Å². The molecule has 7 nitrogen and oxygen atoms in total. The fraction of sp³-hybridized carbons (Fsp3) is 0.471. The maximum atomic E-state index is 12.3. The first-order valence-electron chi connectivity index (χ1n) is 7.70. The number of carbonyl (C=O) groups excluding carboxylic acids is 3. The Bertz CT molecular complexity index is 636. The van der Waals surface area contributed by atoms with Gasteiger partial charge in [-0.1, -0.05) is 12.1 Å². The van der Waals surface area contributed by atoms with E-state index in [2.05, 4.69) is 0 Å². The lowest BCUT2D eigenvalue weighted by molar-refractivity contribution is -0.512. The van der Waals surface area contributed by atoms with Crippen molar-refractivity contribution in [2.24, 2.45) is 5.92 Å². The van der Waals surface area contributed by atoms with Crippen LogP contribution in [0.4, 0.5) is 0 Å². The van der Waals surface area contributed by atoms with E-state index < -0.39 is 28.6 Å². The van der Waals surface area contributed by atoms with Crippen LogP contribution >= 0.6 is 0 Å². The Kier molecular flexibility index (Phi) is 5.43. The minimum Gasteiger partial charge on any atom is -0.497 e. The molecule has 0 aromatic heterocycles. The summed E-state index contributed by atoms with van der Waals surface area (Å²) >= 11 is 0. The Balaban J connectivity index is 2.54. The third-order valence-electron chi connectivity index (χ3n) is 4.38. The first-order valence-corrected chi connectivity index (χ1v) is 7.70. The molecule has 1 saturated carbocycles. The highest BCUT2D eigenvalue weighted by Gasteiger charge is 2.48. The summed E-state index contributed by atoms with van der Waals surface area (Å²) in [6.45, 7) is 1.11. The molecule has 0 saturated heterocycles. The van der Waals surface area contributed by atoms with Gasteiger partial charge in [0.15, 0.2) is 0 Å². The van der Waals surface area contributed by atoms with Crippen LogP contribution in [0.2, 0.25) is 0 Å². The van der Waals surface area contributed by atoms with E-state index in [0.29, 0.717) is 17.7 Å². The van der Waals surface area contributed by atoms with Crippen LogP contribution in [0.25, 0.3) is 0 Å². The molecule has 7 heteroatoms. The van der Waals surface area contributed by atoms with Crippen LogP contribution in [0.5, 0.6) is 5.75 Å². The summed E-state index contributed by atoms with van der Waals surface area (Å²) < 4.78 is 5.06. The topological polar surface area (TPSA) is 104 Å². The number of ketones is 3. The highest BCUT2D eigenvalue weighted by molar-refractivity contribution is 6.06. The predicted molar refractivity (Wildman–Crippen MR) is 84.6 cm³/mol. The smallest absolute Gasteiger partial charge is 0.277 e.